The standard InChI is InChI=1S/C27H26N4.C20H22N4O2.C6H4N2/c1-18-9-12-31(13-10-18)22-6-8-24-21(15-22)16-26(29-24)19-5-7-23-20(14-19)17-27(30-23)25-4-2-3-11-28-25;1-13-6-8-23(9-7-13)16-3-5-18-15(10-16)11-19(22-18)14-2-4-17(21)20(12-14)24(25)26;1-7-6-4-2-3-5-8-6/h2-8,11,14-15,18H,9-10,12-13,16-17H2,1H3;2-5,10,12-13H,6-9,11,21H2,1H3;2-5H. The maximum atomic E-state index is 11.1. The largest absolute Gasteiger partial charge is 0.393 e. The van der Waals surface area contributed by atoms with Crippen LogP contribution < -0.4 is 15.5 Å². The fourth-order valence-corrected chi connectivity index (χ4v) is 9.00. The van der Waals surface area contributed by atoms with E-state index in [9.17, 15) is 10.1 Å². The normalized spacial score (nSPS) is 16.4. The van der Waals surface area contributed by atoms with Crippen LogP contribution in [0.4, 0.5) is 45.6 Å². The summed E-state index contributed by atoms with van der Waals surface area (Å²) < 4.78 is 0. The van der Waals surface area contributed by atoms with Crippen molar-refractivity contribution in [3.8, 4) is 0 Å². The zero-order valence-corrected chi connectivity index (χ0v) is 36.9. The van der Waals surface area contributed by atoms with Gasteiger partial charge in [0, 0.05) is 74.6 Å². The van der Waals surface area contributed by atoms with Crippen molar-refractivity contribution in [3.05, 3.63) is 177 Å². The van der Waals surface area contributed by atoms with Crippen molar-refractivity contribution in [3.63, 3.8) is 0 Å². The first-order chi connectivity index (χ1) is 31.7. The zero-order chi connectivity index (χ0) is 44.9. The molecule has 65 heavy (non-hydrogen) atoms. The molecule has 11 rings (SSSR count). The Balaban J connectivity index is 0.000000142. The monoisotopic (exact) mass is 860 g/mol. The van der Waals surface area contributed by atoms with Crippen LogP contribution in [0.5, 0.6) is 0 Å². The molecule has 12 heteroatoms. The minimum atomic E-state index is -0.447. The number of anilines is 3. The number of benzene rings is 4. The van der Waals surface area contributed by atoms with Crippen LogP contribution in [-0.2, 0) is 19.3 Å². The summed E-state index contributed by atoms with van der Waals surface area (Å²) in [6, 6.07) is 35.9. The van der Waals surface area contributed by atoms with Gasteiger partial charge in [0.25, 0.3) is 11.5 Å². The average molecular weight is 861 g/mol. The molecule has 0 amide bonds. The Morgan fingerprint density at radius 1 is 0.615 bits per heavy atom. The Morgan fingerprint density at radius 3 is 1.62 bits per heavy atom. The number of nitro benzene ring substituents is 1. The first-order valence-electron chi connectivity index (χ1n) is 22.5. The summed E-state index contributed by atoms with van der Waals surface area (Å²) in [5, 5.41) is 11.1. The van der Waals surface area contributed by atoms with E-state index in [1.54, 1.807) is 36.5 Å². The minimum absolute atomic E-state index is 0.0655. The minimum Gasteiger partial charge on any atom is -0.393 e. The van der Waals surface area contributed by atoms with Crippen LogP contribution in [0.15, 0.2) is 137 Å². The van der Waals surface area contributed by atoms with E-state index in [0.29, 0.717) is 12.2 Å². The lowest BCUT2D eigenvalue weighted by atomic mass is 9.97. The van der Waals surface area contributed by atoms with Crippen molar-refractivity contribution in [2.45, 2.75) is 58.8 Å². The molecule has 0 unspecified atom stereocenters. The molecule has 5 aliphatic heterocycles. The quantitative estimate of drug-likeness (QED) is 0.0760. The van der Waals surface area contributed by atoms with Gasteiger partial charge in [-0.15, -0.1) is 4.98 Å². The third-order valence-corrected chi connectivity index (χ3v) is 13.0. The van der Waals surface area contributed by atoms with E-state index in [1.165, 1.54) is 65.4 Å². The van der Waals surface area contributed by atoms with Crippen LogP contribution >= 0.6 is 0 Å². The summed E-state index contributed by atoms with van der Waals surface area (Å²) in [5.74, 6) is 2.10. The molecule has 326 valence electrons. The summed E-state index contributed by atoms with van der Waals surface area (Å²) in [6.45, 7) is 15.7. The van der Waals surface area contributed by atoms with Gasteiger partial charge in [-0.25, -0.2) is 0 Å². The zero-order valence-electron chi connectivity index (χ0n) is 36.9. The topological polar surface area (TPSA) is 143 Å². The molecule has 0 aliphatic carbocycles. The maximum absolute atomic E-state index is 11.1. The van der Waals surface area contributed by atoms with E-state index in [1.807, 2.05) is 24.4 Å². The average Bonchev–Trinajstić information content (AvgIpc) is 4.10. The summed E-state index contributed by atoms with van der Waals surface area (Å²) >= 11 is 0. The van der Waals surface area contributed by atoms with Crippen molar-refractivity contribution in [1.29, 1.82) is 0 Å². The fourth-order valence-electron chi connectivity index (χ4n) is 9.00. The predicted octanol–water partition coefficient (Wildman–Crippen LogP) is 11.4. The summed E-state index contributed by atoms with van der Waals surface area (Å²) in [4.78, 5) is 41.4. The van der Waals surface area contributed by atoms with E-state index in [2.05, 4.69) is 98.0 Å². The second kappa shape index (κ2) is 19.1. The van der Waals surface area contributed by atoms with Gasteiger partial charge in [-0.2, -0.15) is 0 Å². The number of hydrogen-bond acceptors (Lipinski definition) is 10. The highest BCUT2D eigenvalue weighted by atomic mass is 16.6. The number of piperidine rings is 2. The van der Waals surface area contributed by atoms with Gasteiger partial charge in [0.05, 0.1) is 44.8 Å². The molecule has 0 spiro atoms. The molecule has 2 fully saturated rings. The second-order valence-electron chi connectivity index (χ2n) is 17.6. The molecule has 0 radical (unpaired) electrons. The molecule has 5 aliphatic rings. The Labute approximate surface area is 380 Å². The van der Waals surface area contributed by atoms with Crippen LogP contribution in [0.3, 0.4) is 0 Å². The van der Waals surface area contributed by atoms with Crippen molar-refractivity contribution < 1.29 is 4.92 Å². The number of pyridine rings is 2. The highest BCUT2D eigenvalue weighted by Gasteiger charge is 2.25. The van der Waals surface area contributed by atoms with E-state index in [4.69, 9.17) is 22.3 Å². The number of fused-ring (bicyclic) bond motifs is 3. The Hall–Kier alpha value is -7.52. The molecule has 0 bridgehead atoms. The maximum Gasteiger partial charge on any atom is 0.292 e. The smallest absolute Gasteiger partial charge is 0.292 e. The van der Waals surface area contributed by atoms with Crippen LogP contribution in [0, 0.1) is 28.5 Å². The first kappa shape index (κ1) is 42.8. The molecule has 2 aromatic heterocycles. The fraction of sp³-hybridized carbons (Fsp3) is 0.283. The predicted molar refractivity (Wildman–Crippen MR) is 262 cm³/mol. The number of nitrogens with two attached hydrogens (primary N) is 1. The van der Waals surface area contributed by atoms with Crippen LogP contribution in [0.1, 0.15) is 73.0 Å². The molecule has 12 nitrogen and oxygen atoms in total. The highest BCUT2D eigenvalue weighted by molar-refractivity contribution is 6.09. The van der Waals surface area contributed by atoms with E-state index < -0.39 is 4.92 Å². The van der Waals surface area contributed by atoms with Gasteiger partial charge in [-0.1, -0.05) is 44.7 Å². The highest BCUT2D eigenvalue weighted by Crippen LogP contribution is 2.37. The second-order valence-corrected chi connectivity index (χ2v) is 17.6. The summed E-state index contributed by atoms with van der Waals surface area (Å²) in [5.41, 5.74) is 21.3. The number of hydrogen-bond donors (Lipinski definition) is 1. The SMILES string of the molecule is CC1CCN(c2ccc3c(c2)CC(c2ccc(N)c([N+](=O)[O-])c2)=N3)CC1.CC1CCN(c2ccc3c(c2)CC(c2ccc4c(c2)CC(c2ccccn2)=N4)=N3)CC1.[C-]#[N+]c1ccccn1. The van der Waals surface area contributed by atoms with Gasteiger partial charge >= 0.3 is 0 Å². The van der Waals surface area contributed by atoms with Crippen LogP contribution in [0.25, 0.3) is 4.85 Å². The van der Waals surface area contributed by atoms with Gasteiger partial charge in [0.15, 0.2) is 0 Å². The van der Waals surface area contributed by atoms with Crippen molar-refractivity contribution in [1.82, 2.24) is 9.97 Å². The lowest BCUT2D eigenvalue weighted by Gasteiger charge is -2.32. The number of nitro groups is 1. The van der Waals surface area contributed by atoms with Gasteiger partial charge < -0.3 is 20.4 Å². The molecule has 0 saturated carbocycles. The Kier molecular flexibility index (Phi) is 12.5. The number of aromatic nitrogens is 2. The van der Waals surface area contributed by atoms with Crippen molar-refractivity contribution >= 4 is 62.8 Å². The summed E-state index contributed by atoms with van der Waals surface area (Å²) in [6.07, 6.45) is 10.9. The Morgan fingerprint density at radius 2 is 1.11 bits per heavy atom. The number of nitrogens with zero attached hydrogens (tertiary/aromatic N) is 9. The van der Waals surface area contributed by atoms with Crippen molar-refractivity contribution in [2.75, 3.05) is 41.7 Å². The van der Waals surface area contributed by atoms with Gasteiger partial charge in [-0.05, 0) is 139 Å². The molecule has 6 aromatic rings. The van der Waals surface area contributed by atoms with Gasteiger partial charge in [0.1, 0.15) is 11.9 Å². The molecular weight excluding hydrogens is 809 g/mol. The Bertz CT molecular complexity index is 2850. The lowest BCUT2D eigenvalue weighted by Crippen LogP contribution is -2.32. The van der Waals surface area contributed by atoms with E-state index in [-0.39, 0.29) is 11.4 Å². The molecule has 0 atom stereocenters. The number of rotatable bonds is 6. The first-order valence-corrected chi connectivity index (χ1v) is 22.5. The van der Waals surface area contributed by atoms with E-state index in [0.717, 1.165) is 96.3 Å². The third-order valence-electron chi connectivity index (χ3n) is 13.0. The molecular formula is C53H52N10O2. The molecule has 2 N–H and O–H groups in total. The van der Waals surface area contributed by atoms with Crippen molar-refractivity contribution in [2.24, 2.45) is 26.8 Å². The summed E-state index contributed by atoms with van der Waals surface area (Å²) in [7, 11) is 0. The molecule has 2 saturated heterocycles. The number of aliphatic imine (C=N–C) groups is 3. The van der Waals surface area contributed by atoms with Gasteiger partial charge in [0.2, 0.25) is 0 Å². The third kappa shape index (κ3) is 9.85. The van der Waals surface area contributed by atoms with Crippen LogP contribution in [-0.4, -0.2) is 58.2 Å². The lowest BCUT2D eigenvalue weighted by molar-refractivity contribution is -0.383. The van der Waals surface area contributed by atoms with E-state index >= 15 is 0 Å². The van der Waals surface area contributed by atoms with Gasteiger partial charge in [-0.3, -0.25) is 30.1 Å². The molecule has 4 aromatic carbocycles. The molecule has 7 heterocycles. The number of nitrogen functional groups attached to an aromatic ring is 1. The van der Waals surface area contributed by atoms with Crippen LogP contribution in [0.2, 0.25) is 0 Å².